The molecule has 0 atom stereocenters. The third kappa shape index (κ3) is 5.50. The van der Waals surface area contributed by atoms with Gasteiger partial charge in [-0.1, -0.05) is 11.2 Å². The average Bonchev–Trinajstić information content (AvgIpc) is 3.19. The molecule has 30 heavy (non-hydrogen) atoms. The number of amides is 1. The van der Waals surface area contributed by atoms with Crippen LogP contribution < -0.4 is 15.4 Å². The summed E-state index contributed by atoms with van der Waals surface area (Å²) in [6.45, 7) is 0.488. The van der Waals surface area contributed by atoms with Gasteiger partial charge in [-0.2, -0.15) is 0 Å². The summed E-state index contributed by atoms with van der Waals surface area (Å²) < 4.78 is 36.7. The Morgan fingerprint density at radius 2 is 1.93 bits per heavy atom. The molecular weight excluding hydrogens is 402 g/mol. The number of carboxylic acid groups (broad SMARTS) is 1. The van der Waals surface area contributed by atoms with Crippen molar-refractivity contribution >= 4 is 23.6 Å². The van der Waals surface area contributed by atoms with Crippen molar-refractivity contribution in [2.24, 2.45) is 0 Å². The van der Waals surface area contributed by atoms with E-state index in [1.54, 1.807) is 12.1 Å². The Morgan fingerprint density at radius 1 is 1.10 bits per heavy atom. The molecule has 3 aromatic rings. The van der Waals surface area contributed by atoms with Crippen LogP contribution in [0.1, 0.15) is 27.5 Å². The minimum atomic E-state index is -1.05. The molecule has 2 aromatic carbocycles. The van der Waals surface area contributed by atoms with Crippen molar-refractivity contribution < 1.29 is 32.6 Å². The molecule has 1 aromatic heterocycles. The molecule has 0 fully saturated rings. The fraction of sp³-hybridized carbons (Fsp3) is 0.158. The van der Waals surface area contributed by atoms with E-state index in [0.717, 1.165) is 12.1 Å². The molecule has 0 aliphatic rings. The van der Waals surface area contributed by atoms with Gasteiger partial charge >= 0.3 is 23.8 Å². The van der Waals surface area contributed by atoms with Crippen LogP contribution >= 0.6 is 0 Å². The van der Waals surface area contributed by atoms with Gasteiger partial charge in [0.2, 0.25) is 0 Å². The average molecular weight is 418 g/mol. The monoisotopic (exact) mass is 418 g/mol. The van der Waals surface area contributed by atoms with Crippen molar-refractivity contribution in [1.82, 2.24) is 15.5 Å². The van der Waals surface area contributed by atoms with Crippen LogP contribution in [-0.2, 0) is 0 Å². The Hall–Kier alpha value is -4.02. The Bertz CT molecular complexity index is 1060. The van der Waals surface area contributed by atoms with Crippen LogP contribution in [0.5, 0.6) is 5.75 Å². The summed E-state index contributed by atoms with van der Waals surface area (Å²) in [5.74, 6) is -3.61. The lowest BCUT2D eigenvalue weighted by molar-refractivity contribution is 0.0696. The maximum absolute atomic E-state index is 13.2. The van der Waals surface area contributed by atoms with Gasteiger partial charge in [-0.05, 0) is 36.8 Å². The summed E-state index contributed by atoms with van der Waals surface area (Å²) in [7, 11) is 0. The van der Waals surface area contributed by atoms with Gasteiger partial charge in [0.05, 0.1) is 12.2 Å². The number of ether oxygens (including phenoxy) is 1. The number of aromatic nitrogens is 2. The van der Waals surface area contributed by atoms with Gasteiger partial charge in [-0.25, -0.2) is 13.6 Å². The first kappa shape index (κ1) is 20.7. The first-order valence-corrected chi connectivity index (χ1v) is 8.72. The molecular formula is C19H16F2N4O5. The molecule has 0 spiro atoms. The number of nitrogens with zero attached hydrogens (tertiary/aromatic N) is 2. The normalized spacial score (nSPS) is 10.5. The lowest BCUT2D eigenvalue weighted by atomic mass is 10.2. The second kappa shape index (κ2) is 9.45. The van der Waals surface area contributed by atoms with E-state index in [-0.39, 0.29) is 36.3 Å². The van der Waals surface area contributed by atoms with E-state index in [4.69, 9.17) is 14.3 Å². The van der Waals surface area contributed by atoms with Gasteiger partial charge in [-0.3, -0.25) is 4.79 Å². The number of carboxylic acids is 1. The number of benzene rings is 2. The highest BCUT2D eigenvalue weighted by molar-refractivity contribution is 5.89. The van der Waals surface area contributed by atoms with Gasteiger partial charge < -0.3 is 24.9 Å². The van der Waals surface area contributed by atoms with Crippen molar-refractivity contribution in [1.29, 1.82) is 0 Å². The molecule has 1 amide bonds. The van der Waals surface area contributed by atoms with E-state index in [1.807, 2.05) is 0 Å². The van der Waals surface area contributed by atoms with Crippen LogP contribution in [0.25, 0.3) is 0 Å². The minimum absolute atomic E-state index is 0.116. The molecule has 11 heteroatoms. The molecule has 9 nitrogen and oxygen atoms in total. The van der Waals surface area contributed by atoms with Crippen LogP contribution in [-0.4, -0.2) is 40.3 Å². The number of carbonyl (C=O) groups excluding carboxylic acids is 1. The van der Waals surface area contributed by atoms with Crippen LogP contribution in [0, 0.1) is 11.6 Å². The van der Waals surface area contributed by atoms with Gasteiger partial charge in [0, 0.05) is 18.3 Å². The lowest BCUT2D eigenvalue weighted by Gasteiger charge is -2.07. The summed E-state index contributed by atoms with van der Waals surface area (Å²) >= 11 is 0. The molecule has 0 aliphatic carbocycles. The van der Waals surface area contributed by atoms with Crippen LogP contribution in [0.3, 0.4) is 0 Å². The van der Waals surface area contributed by atoms with E-state index in [0.29, 0.717) is 12.2 Å². The van der Waals surface area contributed by atoms with Crippen LogP contribution in [0.15, 0.2) is 46.9 Å². The van der Waals surface area contributed by atoms with Gasteiger partial charge in [0.1, 0.15) is 5.75 Å². The standard InChI is InChI=1S/C19H16F2N4O5/c20-14-6-5-12(10-15(14)21)23-19-25-24-17(30-19)16(26)22-7-2-8-29-13-4-1-3-11(9-13)18(27)28/h1,3-6,9-10H,2,7-8H2,(H,22,26)(H,23,25)(H,27,28). The highest BCUT2D eigenvalue weighted by Crippen LogP contribution is 2.18. The van der Waals surface area contributed by atoms with E-state index >= 15 is 0 Å². The third-order valence-corrected chi connectivity index (χ3v) is 3.75. The number of carbonyl (C=O) groups is 2. The van der Waals surface area contributed by atoms with E-state index in [1.165, 1.54) is 18.2 Å². The van der Waals surface area contributed by atoms with Gasteiger partial charge in [0.25, 0.3) is 0 Å². The van der Waals surface area contributed by atoms with E-state index < -0.39 is 23.5 Å². The second-order valence-electron chi connectivity index (χ2n) is 5.96. The number of hydrogen-bond donors (Lipinski definition) is 3. The Balaban J connectivity index is 1.42. The van der Waals surface area contributed by atoms with Crippen molar-refractivity contribution in [3.63, 3.8) is 0 Å². The SMILES string of the molecule is O=C(O)c1cccc(OCCCNC(=O)c2nnc(Nc3ccc(F)c(F)c3)o2)c1. The molecule has 0 saturated carbocycles. The van der Waals surface area contributed by atoms with Crippen molar-refractivity contribution in [3.8, 4) is 5.75 Å². The predicted molar refractivity (Wildman–Crippen MR) is 99.8 cm³/mol. The van der Waals surface area contributed by atoms with Crippen LogP contribution in [0.2, 0.25) is 0 Å². The zero-order valence-corrected chi connectivity index (χ0v) is 15.4. The zero-order chi connectivity index (χ0) is 21.5. The first-order valence-electron chi connectivity index (χ1n) is 8.72. The summed E-state index contributed by atoms with van der Waals surface area (Å²) in [5.41, 5.74) is 0.290. The Kier molecular flexibility index (Phi) is 6.53. The number of anilines is 2. The zero-order valence-electron chi connectivity index (χ0n) is 15.4. The first-order chi connectivity index (χ1) is 14.4. The molecule has 156 valence electrons. The summed E-state index contributed by atoms with van der Waals surface area (Å²) in [6.07, 6.45) is 0.442. The molecule has 3 N–H and O–H groups in total. The number of aromatic carboxylic acids is 1. The van der Waals surface area contributed by atoms with Gasteiger partial charge in [0.15, 0.2) is 11.6 Å². The molecule has 0 bridgehead atoms. The fourth-order valence-corrected chi connectivity index (χ4v) is 2.32. The number of hydrogen-bond acceptors (Lipinski definition) is 7. The maximum Gasteiger partial charge on any atom is 0.335 e. The largest absolute Gasteiger partial charge is 0.494 e. The van der Waals surface area contributed by atoms with Gasteiger partial charge in [-0.15, -0.1) is 5.10 Å². The maximum atomic E-state index is 13.2. The number of halogens is 2. The molecule has 0 aliphatic heterocycles. The van der Waals surface area contributed by atoms with E-state index in [2.05, 4.69) is 20.8 Å². The molecule has 1 heterocycles. The topological polar surface area (TPSA) is 127 Å². The molecule has 0 unspecified atom stereocenters. The Labute approximate surface area is 168 Å². The highest BCUT2D eigenvalue weighted by Gasteiger charge is 2.15. The highest BCUT2D eigenvalue weighted by atomic mass is 19.2. The van der Waals surface area contributed by atoms with Crippen LogP contribution in [0.4, 0.5) is 20.5 Å². The number of nitrogens with one attached hydrogen (secondary N) is 2. The summed E-state index contributed by atoms with van der Waals surface area (Å²) in [5, 5.41) is 21.3. The molecule has 0 radical (unpaired) electrons. The fourth-order valence-electron chi connectivity index (χ4n) is 2.32. The second-order valence-corrected chi connectivity index (χ2v) is 5.96. The summed E-state index contributed by atoms with van der Waals surface area (Å²) in [4.78, 5) is 22.9. The Morgan fingerprint density at radius 3 is 2.70 bits per heavy atom. The molecule has 0 saturated heterocycles. The van der Waals surface area contributed by atoms with E-state index in [9.17, 15) is 18.4 Å². The van der Waals surface area contributed by atoms with Crippen molar-refractivity contribution in [2.45, 2.75) is 6.42 Å². The number of rotatable bonds is 9. The quantitative estimate of drug-likeness (QED) is 0.453. The smallest absolute Gasteiger partial charge is 0.335 e. The third-order valence-electron chi connectivity index (χ3n) is 3.75. The molecule has 3 rings (SSSR count). The van der Waals surface area contributed by atoms with Crippen molar-refractivity contribution in [3.05, 3.63) is 65.6 Å². The predicted octanol–water partition coefficient (Wildman–Crippen LogP) is 2.99. The lowest BCUT2D eigenvalue weighted by Crippen LogP contribution is -2.25. The minimum Gasteiger partial charge on any atom is -0.494 e. The van der Waals surface area contributed by atoms with Crippen molar-refractivity contribution in [2.75, 3.05) is 18.5 Å². The summed E-state index contributed by atoms with van der Waals surface area (Å²) in [6, 6.07) is 9.01.